The first kappa shape index (κ1) is 15.3. The predicted octanol–water partition coefficient (Wildman–Crippen LogP) is 4.23. The molecule has 1 N–H and O–H groups in total. The van der Waals surface area contributed by atoms with E-state index in [0.717, 1.165) is 16.5 Å². The van der Waals surface area contributed by atoms with Gasteiger partial charge in [-0.2, -0.15) is 9.97 Å². The minimum atomic E-state index is -2.70. The van der Waals surface area contributed by atoms with E-state index < -0.39 is 12.2 Å². The molecule has 0 radical (unpaired) electrons. The van der Waals surface area contributed by atoms with Crippen molar-refractivity contribution in [2.45, 2.75) is 32.7 Å². The minimum absolute atomic E-state index is 0.000164. The molecular formula is C15H15BrF2N4. The van der Waals surface area contributed by atoms with Gasteiger partial charge in [-0.15, -0.1) is 0 Å². The summed E-state index contributed by atoms with van der Waals surface area (Å²) in [7, 11) is 0. The number of nitrogens with zero attached hydrogens (tertiary/aromatic N) is 3. The van der Waals surface area contributed by atoms with Crippen LogP contribution in [0.3, 0.4) is 0 Å². The first-order valence-corrected chi connectivity index (χ1v) is 7.79. The Morgan fingerprint density at radius 1 is 1.27 bits per heavy atom. The number of nitrogens with one attached hydrogen (secondary N) is 1. The molecule has 3 rings (SSSR count). The van der Waals surface area contributed by atoms with Crippen molar-refractivity contribution in [1.29, 1.82) is 0 Å². The lowest BCUT2D eigenvalue weighted by molar-refractivity contribution is 0.140. The van der Waals surface area contributed by atoms with Gasteiger partial charge in [0.1, 0.15) is 5.82 Å². The van der Waals surface area contributed by atoms with Gasteiger partial charge >= 0.3 is 0 Å². The minimum Gasteiger partial charge on any atom is -0.347 e. The predicted molar refractivity (Wildman–Crippen MR) is 82.9 cm³/mol. The van der Waals surface area contributed by atoms with Crippen LogP contribution in [-0.4, -0.2) is 15.0 Å². The van der Waals surface area contributed by atoms with Crippen LogP contribution in [0.2, 0.25) is 0 Å². The van der Waals surface area contributed by atoms with Gasteiger partial charge in [-0.25, -0.2) is 13.8 Å². The van der Waals surface area contributed by atoms with E-state index >= 15 is 0 Å². The summed E-state index contributed by atoms with van der Waals surface area (Å²) in [6, 6.07) is 6.15. The summed E-state index contributed by atoms with van der Waals surface area (Å²) < 4.78 is 26.6. The summed E-state index contributed by atoms with van der Waals surface area (Å²) in [4.78, 5) is 11.6. The highest BCUT2D eigenvalue weighted by Crippen LogP contribution is 2.39. The van der Waals surface area contributed by atoms with E-state index in [1.54, 1.807) is 6.92 Å². The van der Waals surface area contributed by atoms with Gasteiger partial charge in [-0.1, -0.05) is 28.9 Å². The molecule has 1 aliphatic rings. The summed E-state index contributed by atoms with van der Waals surface area (Å²) in [6.45, 7) is 3.70. The van der Waals surface area contributed by atoms with Crippen LogP contribution < -0.4 is 5.32 Å². The van der Waals surface area contributed by atoms with Crippen molar-refractivity contribution in [2.24, 2.45) is 5.92 Å². The summed E-state index contributed by atoms with van der Waals surface area (Å²) in [5.41, 5.74) is 2.41. The number of halogens is 3. The second kappa shape index (κ2) is 5.87. The van der Waals surface area contributed by atoms with E-state index in [4.69, 9.17) is 0 Å². The van der Waals surface area contributed by atoms with Gasteiger partial charge in [-0.05, 0) is 42.5 Å². The van der Waals surface area contributed by atoms with Gasteiger partial charge in [-0.3, -0.25) is 0 Å². The van der Waals surface area contributed by atoms with E-state index in [1.165, 1.54) is 5.56 Å². The summed E-state index contributed by atoms with van der Waals surface area (Å²) in [5, 5.41) is 3.19. The van der Waals surface area contributed by atoms with E-state index in [9.17, 15) is 8.78 Å². The lowest BCUT2D eigenvalue weighted by atomic mass is 10.0. The van der Waals surface area contributed by atoms with Gasteiger partial charge in [0.25, 0.3) is 6.43 Å². The zero-order chi connectivity index (χ0) is 15.9. The number of anilines is 1. The van der Waals surface area contributed by atoms with Crippen molar-refractivity contribution < 1.29 is 8.78 Å². The Morgan fingerprint density at radius 3 is 2.77 bits per heavy atom. The Kier molecular flexibility index (Phi) is 4.08. The van der Waals surface area contributed by atoms with Crippen LogP contribution >= 0.6 is 15.9 Å². The van der Waals surface area contributed by atoms with Crippen molar-refractivity contribution in [1.82, 2.24) is 15.0 Å². The second-order valence-electron chi connectivity index (χ2n) is 5.51. The van der Waals surface area contributed by atoms with E-state index in [2.05, 4.69) is 55.3 Å². The van der Waals surface area contributed by atoms with Crippen LogP contribution in [0.4, 0.5) is 14.7 Å². The molecule has 7 heteroatoms. The molecule has 0 amide bonds. The van der Waals surface area contributed by atoms with Gasteiger partial charge in [0.05, 0.1) is 6.04 Å². The zero-order valence-corrected chi connectivity index (χ0v) is 13.7. The molecule has 0 spiro atoms. The fraction of sp³-hybridized carbons (Fsp3) is 0.400. The number of alkyl halides is 2. The third-order valence-electron chi connectivity index (χ3n) is 3.80. The van der Waals surface area contributed by atoms with Crippen molar-refractivity contribution in [3.8, 4) is 0 Å². The van der Waals surface area contributed by atoms with Crippen molar-refractivity contribution >= 4 is 21.9 Å². The Morgan fingerprint density at radius 2 is 2.05 bits per heavy atom. The summed E-state index contributed by atoms with van der Waals surface area (Å²) in [6.07, 6.45) is -1.77. The summed E-state index contributed by atoms with van der Waals surface area (Å²) >= 11 is 3.47. The molecule has 2 unspecified atom stereocenters. The Balaban J connectivity index is 1.92. The van der Waals surface area contributed by atoms with Crippen molar-refractivity contribution in [2.75, 3.05) is 5.32 Å². The fourth-order valence-electron chi connectivity index (χ4n) is 2.84. The number of hydrogen-bond acceptors (Lipinski definition) is 4. The molecule has 0 bridgehead atoms. The van der Waals surface area contributed by atoms with Crippen LogP contribution in [0.1, 0.15) is 42.2 Å². The first-order chi connectivity index (χ1) is 10.4. The molecule has 2 atom stereocenters. The molecule has 2 aromatic rings. The zero-order valence-electron chi connectivity index (χ0n) is 12.1. The number of aromatic nitrogens is 3. The van der Waals surface area contributed by atoms with Gasteiger partial charge in [0.15, 0.2) is 0 Å². The van der Waals surface area contributed by atoms with Crippen LogP contribution in [0.15, 0.2) is 22.7 Å². The van der Waals surface area contributed by atoms with E-state index in [0.29, 0.717) is 5.92 Å². The number of aryl methyl sites for hydroxylation is 1. The van der Waals surface area contributed by atoms with Crippen molar-refractivity contribution in [3.63, 3.8) is 0 Å². The Bertz CT molecular complexity index is 708. The maximum Gasteiger partial charge on any atom is 0.297 e. The molecule has 1 aromatic heterocycles. The highest BCUT2D eigenvalue weighted by Gasteiger charge is 2.30. The standard InChI is InChI=1S/C15H15BrF2N4/c1-7-5-9-3-4-10(16)6-11(9)12(7)21-15-20-8(2)19-14(22-15)13(17)18/h3-4,6-7,12-13H,5H2,1-2H3,(H,19,20,21,22). The fourth-order valence-corrected chi connectivity index (χ4v) is 3.22. The largest absolute Gasteiger partial charge is 0.347 e. The van der Waals surface area contributed by atoms with Gasteiger partial charge in [0.2, 0.25) is 11.8 Å². The normalized spacial score (nSPS) is 20.3. The smallest absolute Gasteiger partial charge is 0.297 e. The molecule has 0 saturated heterocycles. The quantitative estimate of drug-likeness (QED) is 0.880. The molecule has 4 nitrogen and oxygen atoms in total. The third-order valence-corrected chi connectivity index (χ3v) is 4.29. The lowest BCUT2D eigenvalue weighted by Gasteiger charge is -2.19. The maximum atomic E-state index is 12.8. The number of hydrogen-bond donors (Lipinski definition) is 1. The molecular weight excluding hydrogens is 354 g/mol. The average molecular weight is 369 g/mol. The molecule has 1 heterocycles. The Hall–Kier alpha value is -1.63. The van der Waals surface area contributed by atoms with Crippen LogP contribution in [0.25, 0.3) is 0 Å². The number of benzene rings is 1. The van der Waals surface area contributed by atoms with Crippen LogP contribution in [-0.2, 0) is 6.42 Å². The topological polar surface area (TPSA) is 50.7 Å². The third kappa shape index (κ3) is 2.95. The highest BCUT2D eigenvalue weighted by atomic mass is 79.9. The van der Waals surface area contributed by atoms with E-state index in [1.807, 2.05) is 6.07 Å². The number of rotatable bonds is 3. The average Bonchev–Trinajstić information content (AvgIpc) is 2.74. The molecule has 22 heavy (non-hydrogen) atoms. The molecule has 116 valence electrons. The lowest BCUT2D eigenvalue weighted by Crippen LogP contribution is -2.17. The van der Waals surface area contributed by atoms with Gasteiger partial charge in [0, 0.05) is 4.47 Å². The molecule has 1 aliphatic carbocycles. The van der Waals surface area contributed by atoms with Crippen LogP contribution in [0.5, 0.6) is 0 Å². The monoisotopic (exact) mass is 368 g/mol. The second-order valence-corrected chi connectivity index (χ2v) is 6.43. The molecule has 0 fully saturated rings. The number of fused-ring (bicyclic) bond motifs is 1. The maximum absolute atomic E-state index is 12.8. The van der Waals surface area contributed by atoms with Gasteiger partial charge < -0.3 is 5.32 Å². The van der Waals surface area contributed by atoms with E-state index in [-0.39, 0.29) is 17.8 Å². The molecule has 1 aromatic carbocycles. The van der Waals surface area contributed by atoms with Crippen LogP contribution in [0, 0.1) is 12.8 Å². The molecule has 0 aliphatic heterocycles. The summed E-state index contributed by atoms with van der Waals surface area (Å²) in [5.74, 6) is 0.326. The highest BCUT2D eigenvalue weighted by molar-refractivity contribution is 9.10. The molecule has 0 saturated carbocycles. The Labute approximate surface area is 135 Å². The van der Waals surface area contributed by atoms with Crippen molar-refractivity contribution in [3.05, 3.63) is 45.4 Å². The first-order valence-electron chi connectivity index (χ1n) is 6.99. The SMILES string of the molecule is Cc1nc(NC2c3cc(Br)ccc3CC2C)nc(C(F)F)n1.